The van der Waals surface area contributed by atoms with Crippen molar-refractivity contribution >= 4 is 0 Å². The van der Waals surface area contributed by atoms with E-state index in [4.69, 9.17) is 14.2 Å². The van der Waals surface area contributed by atoms with Crippen LogP contribution in [0.4, 0.5) is 0 Å². The van der Waals surface area contributed by atoms with Crippen LogP contribution in [-0.4, -0.2) is 40.6 Å². The average Bonchev–Trinajstić information content (AvgIpc) is 2.43. The summed E-state index contributed by atoms with van der Waals surface area (Å²) in [5.74, 6) is 0.876. The predicted molar refractivity (Wildman–Crippen MR) is 72.1 cm³/mol. The molecule has 0 bridgehead atoms. The highest BCUT2D eigenvalue weighted by Gasteiger charge is 2.10. The van der Waals surface area contributed by atoms with E-state index in [1.807, 2.05) is 18.2 Å². The Hall–Kier alpha value is -1.10. The summed E-state index contributed by atoms with van der Waals surface area (Å²) >= 11 is 0. The number of benzene rings is 1. The van der Waals surface area contributed by atoms with Gasteiger partial charge in [-0.2, -0.15) is 0 Å². The first kappa shape index (κ1) is 15.0. The summed E-state index contributed by atoms with van der Waals surface area (Å²) in [6, 6.07) is 8.30. The minimum atomic E-state index is 0.0723. The van der Waals surface area contributed by atoms with Gasteiger partial charge < -0.3 is 19.5 Å². The third-order valence-corrected chi connectivity index (χ3v) is 2.93. The van der Waals surface area contributed by atoms with Crippen molar-refractivity contribution in [2.75, 3.05) is 34.5 Å². The van der Waals surface area contributed by atoms with Crippen LogP contribution in [0.2, 0.25) is 0 Å². The lowest BCUT2D eigenvalue weighted by molar-refractivity contribution is 0.0276. The Morgan fingerprint density at radius 2 is 2.00 bits per heavy atom. The molecular weight excluding hydrogens is 230 g/mol. The van der Waals surface area contributed by atoms with Crippen LogP contribution in [0, 0.1) is 0 Å². The number of hydrogen-bond acceptors (Lipinski definition) is 4. The van der Waals surface area contributed by atoms with E-state index in [0.29, 0.717) is 6.61 Å². The fourth-order valence-corrected chi connectivity index (χ4v) is 1.73. The molecule has 0 saturated carbocycles. The highest BCUT2D eigenvalue weighted by molar-refractivity contribution is 5.30. The fourth-order valence-electron chi connectivity index (χ4n) is 1.73. The van der Waals surface area contributed by atoms with Crippen molar-refractivity contribution in [3.05, 3.63) is 29.8 Å². The Morgan fingerprint density at radius 3 is 2.61 bits per heavy atom. The number of hydrogen-bond donors (Lipinski definition) is 1. The van der Waals surface area contributed by atoms with Gasteiger partial charge in [0.05, 0.1) is 19.8 Å². The van der Waals surface area contributed by atoms with Gasteiger partial charge in [0.15, 0.2) is 0 Å². The molecule has 2 atom stereocenters. The lowest BCUT2D eigenvalue weighted by atomic mass is 10.1. The smallest absolute Gasteiger partial charge is 0.119 e. The van der Waals surface area contributed by atoms with E-state index in [1.54, 1.807) is 21.3 Å². The molecule has 2 unspecified atom stereocenters. The average molecular weight is 253 g/mol. The summed E-state index contributed by atoms with van der Waals surface area (Å²) in [6.45, 7) is 3.46. The second-order valence-corrected chi connectivity index (χ2v) is 4.22. The molecule has 18 heavy (non-hydrogen) atoms. The first-order valence-electron chi connectivity index (χ1n) is 6.10. The van der Waals surface area contributed by atoms with Crippen LogP contribution in [0.3, 0.4) is 0 Å². The molecule has 0 spiro atoms. The molecular formula is C14H23NO3. The molecule has 0 aliphatic carbocycles. The molecule has 0 radical (unpaired) electrons. The van der Waals surface area contributed by atoms with Crippen LogP contribution in [0.25, 0.3) is 0 Å². The van der Waals surface area contributed by atoms with E-state index >= 15 is 0 Å². The van der Waals surface area contributed by atoms with Gasteiger partial charge in [0, 0.05) is 26.8 Å². The number of nitrogens with one attached hydrogen (secondary N) is 1. The Bertz CT molecular complexity index is 344. The second-order valence-electron chi connectivity index (χ2n) is 4.22. The van der Waals surface area contributed by atoms with Gasteiger partial charge in [-0.15, -0.1) is 0 Å². The third-order valence-electron chi connectivity index (χ3n) is 2.93. The van der Waals surface area contributed by atoms with Crippen molar-refractivity contribution in [1.29, 1.82) is 0 Å². The van der Waals surface area contributed by atoms with Crippen LogP contribution >= 0.6 is 0 Å². The fraction of sp³-hybridized carbons (Fsp3) is 0.571. The zero-order valence-corrected chi connectivity index (χ0v) is 11.6. The van der Waals surface area contributed by atoms with Crippen LogP contribution in [0.1, 0.15) is 18.5 Å². The molecule has 0 heterocycles. The zero-order chi connectivity index (χ0) is 13.4. The summed E-state index contributed by atoms with van der Waals surface area (Å²) in [7, 11) is 5.05. The van der Waals surface area contributed by atoms with Crippen LogP contribution in [0.15, 0.2) is 24.3 Å². The van der Waals surface area contributed by atoms with Crippen molar-refractivity contribution in [1.82, 2.24) is 5.32 Å². The molecule has 4 heteroatoms. The molecule has 1 N–H and O–H groups in total. The second kappa shape index (κ2) is 8.08. The first-order chi connectivity index (χ1) is 8.71. The molecule has 1 rings (SSSR count). The number of rotatable bonds is 8. The van der Waals surface area contributed by atoms with E-state index in [1.165, 1.54) is 5.56 Å². The maximum absolute atomic E-state index is 5.31. The van der Waals surface area contributed by atoms with E-state index in [-0.39, 0.29) is 12.1 Å². The molecule has 1 aromatic rings. The van der Waals surface area contributed by atoms with E-state index in [0.717, 1.165) is 12.3 Å². The Kier molecular flexibility index (Phi) is 6.72. The third kappa shape index (κ3) is 4.64. The van der Waals surface area contributed by atoms with Crippen molar-refractivity contribution in [2.45, 2.75) is 19.1 Å². The minimum absolute atomic E-state index is 0.0723. The number of ether oxygens (including phenoxy) is 3. The highest BCUT2D eigenvalue weighted by atomic mass is 16.5. The maximum atomic E-state index is 5.31. The summed E-state index contributed by atoms with van der Waals surface area (Å²) in [6.07, 6.45) is 0.0723. The lowest BCUT2D eigenvalue weighted by Crippen LogP contribution is -2.33. The maximum Gasteiger partial charge on any atom is 0.119 e. The van der Waals surface area contributed by atoms with Gasteiger partial charge in [-0.1, -0.05) is 12.1 Å². The largest absolute Gasteiger partial charge is 0.497 e. The quantitative estimate of drug-likeness (QED) is 0.769. The summed E-state index contributed by atoms with van der Waals surface area (Å²) in [5, 5.41) is 3.43. The van der Waals surface area contributed by atoms with Crippen LogP contribution < -0.4 is 10.1 Å². The number of methoxy groups -OCH3 is 3. The van der Waals surface area contributed by atoms with E-state index in [2.05, 4.69) is 18.3 Å². The molecule has 0 fully saturated rings. The van der Waals surface area contributed by atoms with Crippen LogP contribution in [0.5, 0.6) is 5.75 Å². The SMILES string of the molecule is COCC(CNC(C)c1cccc(OC)c1)OC. The molecule has 0 amide bonds. The van der Waals surface area contributed by atoms with E-state index in [9.17, 15) is 0 Å². The summed E-state index contributed by atoms with van der Waals surface area (Å²) < 4.78 is 15.6. The minimum Gasteiger partial charge on any atom is -0.497 e. The van der Waals surface area contributed by atoms with Crippen molar-refractivity contribution in [3.63, 3.8) is 0 Å². The van der Waals surface area contributed by atoms with Crippen molar-refractivity contribution in [3.8, 4) is 5.75 Å². The van der Waals surface area contributed by atoms with Gasteiger partial charge in [0.1, 0.15) is 5.75 Å². The monoisotopic (exact) mass is 253 g/mol. The van der Waals surface area contributed by atoms with Crippen molar-refractivity contribution in [2.24, 2.45) is 0 Å². The molecule has 4 nitrogen and oxygen atoms in total. The lowest BCUT2D eigenvalue weighted by Gasteiger charge is -2.19. The summed E-state index contributed by atoms with van der Waals surface area (Å²) in [4.78, 5) is 0. The normalized spacial score (nSPS) is 14.2. The first-order valence-corrected chi connectivity index (χ1v) is 6.10. The molecule has 102 valence electrons. The molecule has 0 saturated heterocycles. The Balaban J connectivity index is 2.50. The summed E-state index contributed by atoms with van der Waals surface area (Å²) in [5.41, 5.74) is 1.20. The van der Waals surface area contributed by atoms with Gasteiger partial charge >= 0.3 is 0 Å². The highest BCUT2D eigenvalue weighted by Crippen LogP contribution is 2.18. The molecule has 1 aromatic carbocycles. The van der Waals surface area contributed by atoms with Gasteiger partial charge in [-0.05, 0) is 24.6 Å². The topological polar surface area (TPSA) is 39.7 Å². The van der Waals surface area contributed by atoms with Crippen LogP contribution in [-0.2, 0) is 9.47 Å². The molecule has 0 aromatic heterocycles. The van der Waals surface area contributed by atoms with Crippen molar-refractivity contribution < 1.29 is 14.2 Å². The standard InChI is InChI=1S/C14H23NO3/c1-11(15-9-14(18-4)10-16-2)12-6-5-7-13(8-12)17-3/h5-8,11,14-15H,9-10H2,1-4H3. The van der Waals surface area contributed by atoms with Gasteiger partial charge in [0.2, 0.25) is 0 Å². The van der Waals surface area contributed by atoms with E-state index < -0.39 is 0 Å². The van der Waals surface area contributed by atoms with Gasteiger partial charge in [-0.3, -0.25) is 0 Å². The Morgan fingerprint density at radius 1 is 1.22 bits per heavy atom. The molecule has 0 aliphatic heterocycles. The predicted octanol–water partition coefficient (Wildman–Crippen LogP) is 2.01. The Labute approximate surface area is 109 Å². The zero-order valence-electron chi connectivity index (χ0n) is 11.6. The van der Waals surface area contributed by atoms with Gasteiger partial charge in [0.25, 0.3) is 0 Å². The molecule has 0 aliphatic rings. The van der Waals surface area contributed by atoms with Gasteiger partial charge in [-0.25, -0.2) is 0 Å².